The number of hydrogen-bond acceptors (Lipinski definition) is 3. The highest BCUT2D eigenvalue weighted by Gasteiger charge is 2.11. The van der Waals surface area contributed by atoms with Crippen molar-refractivity contribution in [2.45, 2.75) is 26.8 Å². The molecule has 5 nitrogen and oxygen atoms in total. The van der Waals surface area contributed by atoms with Gasteiger partial charge in [0.15, 0.2) is 10.6 Å². The Bertz CT molecular complexity index is 941. The Morgan fingerprint density at radius 2 is 1.92 bits per heavy atom. The van der Waals surface area contributed by atoms with E-state index < -0.39 is 0 Å². The van der Waals surface area contributed by atoms with E-state index in [0.29, 0.717) is 17.7 Å². The van der Waals surface area contributed by atoms with Gasteiger partial charge in [-0.05, 0) is 44.3 Å². The molecule has 0 aliphatic heterocycles. The average Bonchev–Trinajstić information content (AvgIpc) is 2.96. The van der Waals surface area contributed by atoms with Gasteiger partial charge in [0.05, 0.1) is 0 Å². The monoisotopic (exact) mass is 352 g/mol. The molecule has 2 N–H and O–H groups in total. The van der Waals surface area contributed by atoms with Gasteiger partial charge < -0.3 is 5.32 Å². The van der Waals surface area contributed by atoms with E-state index in [1.807, 2.05) is 66.9 Å². The molecule has 3 rings (SSSR count). The van der Waals surface area contributed by atoms with Crippen LogP contribution in [0, 0.1) is 18.6 Å². The number of H-pyrrole nitrogens is 1. The number of anilines is 1. The number of hydrogen-bond donors (Lipinski definition) is 2. The number of nitrogens with one attached hydrogen (secondary N) is 2. The molecule has 1 amide bonds. The van der Waals surface area contributed by atoms with E-state index in [1.165, 1.54) is 0 Å². The highest BCUT2D eigenvalue weighted by atomic mass is 32.1. The number of aromatic amines is 1. The fraction of sp³-hybridized carbons (Fsp3) is 0.211. The predicted octanol–water partition coefficient (Wildman–Crippen LogP) is 4.25. The van der Waals surface area contributed by atoms with Crippen LogP contribution in [0.4, 0.5) is 5.69 Å². The van der Waals surface area contributed by atoms with Crippen LogP contribution in [0.1, 0.15) is 17.5 Å². The van der Waals surface area contributed by atoms with Crippen molar-refractivity contribution in [3.8, 4) is 11.4 Å². The quantitative estimate of drug-likeness (QED) is 0.675. The summed E-state index contributed by atoms with van der Waals surface area (Å²) in [6.45, 7) is 4.51. The fourth-order valence-corrected chi connectivity index (χ4v) is 2.83. The number of aryl methyl sites for hydroxylation is 2. The van der Waals surface area contributed by atoms with E-state index in [-0.39, 0.29) is 5.91 Å². The zero-order valence-electron chi connectivity index (χ0n) is 14.2. The third-order valence-corrected chi connectivity index (χ3v) is 4.24. The highest BCUT2D eigenvalue weighted by molar-refractivity contribution is 7.71. The van der Waals surface area contributed by atoms with Crippen molar-refractivity contribution >= 4 is 23.8 Å². The van der Waals surface area contributed by atoms with Crippen LogP contribution in [0.15, 0.2) is 48.5 Å². The molecule has 0 saturated heterocycles. The molecule has 3 aromatic rings. The largest absolute Gasteiger partial charge is 0.326 e. The van der Waals surface area contributed by atoms with E-state index in [2.05, 4.69) is 15.5 Å². The normalized spacial score (nSPS) is 10.6. The molecule has 0 fully saturated rings. The van der Waals surface area contributed by atoms with Crippen molar-refractivity contribution < 1.29 is 4.79 Å². The van der Waals surface area contributed by atoms with E-state index >= 15 is 0 Å². The number of nitrogens with zero attached hydrogens (tertiary/aromatic N) is 2. The van der Waals surface area contributed by atoms with Gasteiger partial charge in [0, 0.05) is 24.2 Å². The van der Waals surface area contributed by atoms with Gasteiger partial charge in [0.1, 0.15) is 0 Å². The topological polar surface area (TPSA) is 62.7 Å². The summed E-state index contributed by atoms with van der Waals surface area (Å²) in [6.07, 6.45) is 0.320. The second kappa shape index (κ2) is 7.44. The van der Waals surface area contributed by atoms with E-state index in [0.717, 1.165) is 28.2 Å². The summed E-state index contributed by atoms with van der Waals surface area (Å²) < 4.78 is 2.37. The number of carbonyl (C=O) groups excluding carboxylic acids is 1. The van der Waals surface area contributed by atoms with Crippen LogP contribution in [0.2, 0.25) is 0 Å². The third-order valence-electron chi connectivity index (χ3n) is 3.93. The zero-order chi connectivity index (χ0) is 17.8. The van der Waals surface area contributed by atoms with Crippen LogP contribution >= 0.6 is 12.2 Å². The SMILES string of the molecule is Cc1ccc(NC(=O)CCn2c(-c3cccc(C)c3)n[nH]c2=S)cc1. The number of aromatic nitrogens is 3. The smallest absolute Gasteiger partial charge is 0.226 e. The van der Waals surface area contributed by atoms with Gasteiger partial charge in [-0.3, -0.25) is 14.5 Å². The lowest BCUT2D eigenvalue weighted by Crippen LogP contribution is -2.15. The van der Waals surface area contributed by atoms with Crippen LogP contribution in [0.3, 0.4) is 0 Å². The first kappa shape index (κ1) is 17.1. The fourth-order valence-electron chi connectivity index (χ4n) is 2.60. The molecule has 128 valence electrons. The summed E-state index contributed by atoms with van der Waals surface area (Å²) in [6, 6.07) is 15.8. The first-order chi connectivity index (χ1) is 12.0. The van der Waals surface area contributed by atoms with Gasteiger partial charge in [0.2, 0.25) is 5.91 Å². The molecule has 0 bridgehead atoms. The molecular formula is C19H20N4OS. The van der Waals surface area contributed by atoms with Crippen LogP contribution < -0.4 is 5.32 Å². The van der Waals surface area contributed by atoms with E-state index in [9.17, 15) is 4.79 Å². The Balaban J connectivity index is 1.71. The minimum atomic E-state index is -0.0536. The number of benzene rings is 2. The highest BCUT2D eigenvalue weighted by Crippen LogP contribution is 2.19. The summed E-state index contributed by atoms with van der Waals surface area (Å²) >= 11 is 5.31. The second-order valence-electron chi connectivity index (χ2n) is 6.04. The molecular weight excluding hydrogens is 332 g/mol. The standard InChI is InChI=1S/C19H20N4OS/c1-13-6-8-16(9-7-13)20-17(24)10-11-23-18(21-22-19(23)25)15-5-3-4-14(2)12-15/h3-9,12H,10-11H2,1-2H3,(H,20,24)(H,22,25). The Morgan fingerprint density at radius 3 is 2.64 bits per heavy atom. The summed E-state index contributed by atoms with van der Waals surface area (Å²) in [5.74, 6) is 0.694. The van der Waals surface area contributed by atoms with Gasteiger partial charge in [-0.1, -0.05) is 41.5 Å². The Morgan fingerprint density at radius 1 is 1.16 bits per heavy atom. The maximum absolute atomic E-state index is 12.2. The minimum absolute atomic E-state index is 0.0536. The summed E-state index contributed by atoms with van der Waals surface area (Å²) in [4.78, 5) is 12.2. The van der Waals surface area contributed by atoms with Crippen LogP contribution in [0.25, 0.3) is 11.4 Å². The van der Waals surface area contributed by atoms with Crippen molar-refractivity contribution in [1.29, 1.82) is 0 Å². The van der Waals surface area contributed by atoms with Crippen molar-refractivity contribution in [3.05, 3.63) is 64.4 Å². The van der Waals surface area contributed by atoms with Crippen molar-refractivity contribution in [1.82, 2.24) is 14.8 Å². The zero-order valence-corrected chi connectivity index (χ0v) is 15.1. The molecule has 0 atom stereocenters. The van der Waals surface area contributed by atoms with E-state index in [4.69, 9.17) is 12.2 Å². The molecule has 0 unspecified atom stereocenters. The van der Waals surface area contributed by atoms with Gasteiger partial charge >= 0.3 is 0 Å². The molecule has 0 radical (unpaired) electrons. The lowest BCUT2D eigenvalue weighted by Gasteiger charge is -2.09. The van der Waals surface area contributed by atoms with Crippen molar-refractivity contribution in [3.63, 3.8) is 0 Å². The molecule has 6 heteroatoms. The van der Waals surface area contributed by atoms with Gasteiger partial charge in [0.25, 0.3) is 0 Å². The lowest BCUT2D eigenvalue weighted by molar-refractivity contribution is -0.116. The molecule has 0 aliphatic rings. The second-order valence-corrected chi connectivity index (χ2v) is 6.42. The molecule has 2 aromatic carbocycles. The van der Waals surface area contributed by atoms with E-state index in [1.54, 1.807) is 0 Å². The lowest BCUT2D eigenvalue weighted by atomic mass is 10.1. The maximum atomic E-state index is 12.2. The average molecular weight is 352 g/mol. The molecule has 0 aliphatic carbocycles. The van der Waals surface area contributed by atoms with Crippen LogP contribution in [0.5, 0.6) is 0 Å². The molecule has 0 saturated carbocycles. The van der Waals surface area contributed by atoms with Gasteiger partial charge in [-0.25, -0.2) is 0 Å². The molecule has 1 heterocycles. The van der Waals surface area contributed by atoms with Crippen LogP contribution in [-0.4, -0.2) is 20.7 Å². The van der Waals surface area contributed by atoms with Gasteiger partial charge in [-0.15, -0.1) is 0 Å². The molecule has 1 aromatic heterocycles. The number of carbonyl (C=O) groups is 1. The molecule has 25 heavy (non-hydrogen) atoms. The van der Waals surface area contributed by atoms with Crippen molar-refractivity contribution in [2.75, 3.05) is 5.32 Å². The maximum Gasteiger partial charge on any atom is 0.226 e. The predicted molar refractivity (Wildman–Crippen MR) is 102 cm³/mol. The summed E-state index contributed by atoms with van der Waals surface area (Å²) in [5, 5.41) is 10.0. The number of rotatable bonds is 5. The minimum Gasteiger partial charge on any atom is -0.326 e. The number of amides is 1. The summed E-state index contributed by atoms with van der Waals surface area (Å²) in [5.41, 5.74) is 4.08. The van der Waals surface area contributed by atoms with Crippen molar-refractivity contribution in [2.24, 2.45) is 0 Å². The molecule has 0 spiro atoms. The summed E-state index contributed by atoms with van der Waals surface area (Å²) in [7, 11) is 0. The van der Waals surface area contributed by atoms with Gasteiger partial charge in [-0.2, -0.15) is 5.10 Å². The first-order valence-electron chi connectivity index (χ1n) is 8.12. The third kappa shape index (κ3) is 4.22. The Kier molecular flexibility index (Phi) is 5.09. The Hall–Kier alpha value is -2.73. The first-order valence-corrected chi connectivity index (χ1v) is 8.52. The Labute approximate surface area is 151 Å². The van der Waals surface area contributed by atoms with Crippen LogP contribution in [-0.2, 0) is 11.3 Å².